The zero-order chi connectivity index (χ0) is 8.97. The molecule has 0 aliphatic heterocycles. The summed E-state index contributed by atoms with van der Waals surface area (Å²) < 4.78 is 0. The second-order valence-electron chi connectivity index (χ2n) is 2.67. The van der Waals surface area contributed by atoms with Crippen LogP contribution in [0.5, 0.6) is 5.75 Å². The fourth-order valence-electron chi connectivity index (χ4n) is 1.03. The van der Waals surface area contributed by atoms with Crippen LogP contribution in [0.4, 0.5) is 5.69 Å². The molecule has 0 bridgehead atoms. The minimum Gasteiger partial charge on any atom is -0.508 e. The van der Waals surface area contributed by atoms with Crippen LogP contribution in [0.25, 0.3) is 0 Å². The van der Waals surface area contributed by atoms with E-state index in [1.165, 1.54) is 0 Å². The Morgan fingerprint density at radius 1 is 1.58 bits per heavy atom. The number of phenolic OH excluding ortho intramolecular Hbond substituents is 1. The Bertz CT molecular complexity index is 281. The maximum atomic E-state index is 9.11. The first kappa shape index (κ1) is 8.65. The number of hydrogen-bond donors (Lipinski definition) is 2. The minimum atomic E-state index is 0.302. The summed E-state index contributed by atoms with van der Waals surface area (Å²) in [5.41, 5.74) is 2.07. The van der Waals surface area contributed by atoms with Gasteiger partial charge in [0.15, 0.2) is 0 Å². The number of rotatable bonds is 3. The van der Waals surface area contributed by atoms with Crippen molar-refractivity contribution in [3.8, 4) is 5.75 Å². The lowest BCUT2D eigenvalue weighted by Crippen LogP contribution is -1.98. The number of benzene rings is 1. The Balaban J connectivity index is 2.78. The van der Waals surface area contributed by atoms with Crippen molar-refractivity contribution >= 4 is 5.69 Å². The predicted molar refractivity (Wildman–Crippen MR) is 51.5 cm³/mol. The maximum Gasteiger partial charge on any atom is 0.115 e. The van der Waals surface area contributed by atoms with E-state index >= 15 is 0 Å². The molecular weight excluding hydrogens is 150 g/mol. The minimum absolute atomic E-state index is 0.302. The van der Waals surface area contributed by atoms with E-state index in [4.69, 9.17) is 5.11 Å². The lowest BCUT2D eigenvalue weighted by molar-refractivity contribution is 0.475. The van der Waals surface area contributed by atoms with E-state index in [1.807, 2.05) is 13.0 Å². The van der Waals surface area contributed by atoms with E-state index in [0.29, 0.717) is 5.75 Å². The first-order valence-electron chi connectivity index (χ1n) is 3.88. The van der Waals surface area contributed by atoms with Crippen molar-refractivity contribution in [2.24, 2.45) is 0 Å². The Hall–Kier alpha value is -1.44. The Kier molecular flexibility index (Phi) is 2.75. The molecule has 1 aromatic carbocycles. The van der Waals surface area contributed by atoms with Crippen molar-refractivity contribution in [1.82, 2.24) is 0 Å². The summed E-state index contributed by atoms with van der Waals surface area (Å²) in [7, 11) is 0. The molecule has 0 saturated heterocycles. The highest BCUT2D eigenvalue weighted by Crippen LogP contribution is 2.19. The predicted octanol–water partition coefficient (Wildman–Crippen LogP) is 2.30. The first-order valence-corrected chi connectivity index (χ1v) is 3.88. The highest BCUT2D eigenvalue weighted by molar-refractivity contribution is 5.53. The molecular formula is C10H13NO. The van der Waals surface area contributed by atoms with E-state index < -0.39 is 0 Å². The van der Waals surface area contributed by atoms with Crippen LogP contribution >= 0.6 is 0 Å². The molecule has 2 N–H and O–H groups in total. The molecule has 1 rings (SSSR count). The number of aryl methyl sites for hydroxylation is 1. The topological polar surface area (TPSA) is 32.3 Å². The SMILES string of the molecule is C=CCNc1ccc(O)cc1C. The molecule has 64 valence electrons. The average Bonchev–Trinajstić information content (AvgIpc) is 2.03. The molecule has 0 atom stereocenters. The van der Waals surface area contributed by atoms with Crippen LogP contribution in [0.3, 0.4) is 0 Å². The van der Waals surface area contributed by atoms with Gasteiger partial charge in [0.1, 0.15) is 5.75 Å². The molecule has 0 fully saturated rings. The molecule has 0 amide bonds. The van der Waals surface area contributed by atoms with Gasteiger partial charge in [-0.2, -0.15) is 0 Å². The van der Waals surface area contributed by atoms with Crippen LogP contribution in [-0.2, 0) is 0 Å². The zero-order valence-corrected chi connectivity index (χ0v) is 7.17. The molecule has 0 radical (unpaired) electrons. The fourth-order valence-corrected chi connectivity index (χ4v) is 1.03. The monoisotopic (exact) mass is 163 g/mol. The van der Waals surface area contributed by atoms with Gasteiger partial charge in [-0.05, 0) is 30.7 Å². The summed E-state index contributed by atoms with van der Waals surface area (Å²) in [6.45, 7) is 6.30. The van der Waals surface area contributed by atoms with Crippen molar-refractivity contribution in [3.05, 3.63) is 36.4 Å². The van der Waals surface area contributed by atoms with E-state index in [-0.39, 0.29) is 0 Å². The standard InChI is InChI=1S/C10H13NO/c1-3-6-11-10-5-4-9(12)7-8(10)2/h3-5,7,11-12H,1,6H2,2H3. The number of anilines is 1. The van der Waals surface area contributed by atoms with Crippen LogP contribution in [0.1, 0.15) is 5.56 Å². The Labute approximate surface area is 72.5 Å². The van der Waals surface area contributed by atoms with Gasteiger partial charge in [-0.25, -0.2) is 0 Å². The number of hydrogen-bond acceptors (Lipinski definition) is 2. The summed E-state index contributed by atoms with van der Waals surface area (Å²) >= 11 is 0. The van der Waals surface area contributed by atoms with Crippen molar-refractivity contribution in [3.63, 3.8) is 0 Å². The van der Waals surface area contributed by atoms with E-state index in [9.17, 15) is 0 Å². The van der Waals surface area contributed by atoms with E-state index in [2.05, 4.69) is 11.9 Å². The van der Waals surface area contributed by atoms with Gasteiger partial charge in [-0.15, -0.1) is 6.58 Å². The van der Waals surface area contributed by atoms with Gasteiger partial charge in [0.25, 0.3) is 0 Å². The molecule has 2 nitrogen and oxygen atoms in total. The summed E-state index contributed by atoms with van der Waals surface area (Å²) in [5.74, 6) is 0.302. The van der Waals surface area contributed by atoms with Gasteiger partial charge in [0.2, 0.25) is 0 Å². The van der Waals surface area contributed by atoms with Crippen LogP contribution < -0.4 is 5.32 Å². The summed E-state index contributed by atoms with van der Waals surface area (Å²) in [4.78, 5) is 0. The third-order valence-corrected chi connectivity index (χ3v) is 1.65. The molecule has 0 saturated carbocycles. The Morgan fingerprint density at radius 3 is 2.92 bits per heavy atom. The quantitative estimate of drug-likeness (QED) is 0.529. The summed E-state index contributed by atoms with van der Waals surface area (Å²) in [6.07, 6.45) is 1.80. The van der Waals surface area contributed by atoms with Crippen LogP contribution in [0, 0.1) is 6.92 Å². The highest BCUT2D eigenvalue weighted by atomic mass is 16.3. The molecule has 2 heteroatoms. The number of aromatic hydroxyl groups is 1. The third kappa shape index (κ3) is 2.02. The van der Waals surface area contributed by atoms with E-state index in [1.54, 1.807) is 18.2 Å². The average molecular weight is 163 g/mol. The molecule has 0 unspecified atom stereocenters. The van der Waals surface area contributed by atoms with Gasteiger partial charge in [0, 0.05) is 12.2 Å². The lowest BCUT2D eigenvalue weighted by Gasteiger charge is -2.06. The second kappa shape index (κ2) is 3.81. The van der Waals surface area contributed by atoms with Gasteiger partial charge in [0.05, 0.1) is 0 Å². The summed E-state index contributed by atoms with van der Waals surface area (Å²) in [6, 6.07) is 5.25. The molecule has 0 aliphatic rings. The fraction of sp³-hybridized carbons (Fsp3) is 0.200. The van der Waals surface area contributed by atoms with Crippen LogP contribution in [0.15, 0.2) is 30.9 Å². The van der Waals surface area contributed by atoms with Crippen molar-refractivity contribution in [1.29, 1.82) is 0 Å². The van der Waals surface area contributed by atoms with Crippen molar-refractivity contribution in [2.45, 2.75) is 6.92 Å². The zero-order valence-electron chi connectivity index (χ0n) is 7.17. The second-order valence-corrected chi connectivity index (χ2v) is 2.67. The lowest BCUT2D eigenvalue weighted by atomic mass is 10.2. The van der Waals surface area contributed by atoms with Gasteiger partial charge < -0.3 is 10.4 Å². The van der Waals surface area contributed by atoms with Gasteiger partial charge >= 0.3 is 0 Å². The van der Waals surface area contributed by atoms with Crippen LogP contribution in [0.2, 0.25) is 0 Å². The first-order chi connectivity index (χ1) is 5.74. The molecule has 12 heavy (non-hydrogen) atoms. The molecule has 0 aromatic heterocycles. The maximum absolute atomic E-state index is 9.11. The van der Waals surface area contributed by atoms with Crippen molar-refractivity contribution < 1.29 is 5.11 Å². The molecule has 0 aliphatic carbocycles. The third-order valence-electron chi connectivity index (χ3n) is 1.65. The van der Waals surface area contributed by atoms with Crippen molar-refractivity contribution in [2.75, 3.05) is 11.9 Å². The molecule has 0 spiro atoms. The largest absolute Gasteiger partial charge is 0.508 e. The molecule has 0 heterocycles. The number of nitrogens with one attached hydrogen (secondary N) is 1. The molecule has 1 aromatic rings. The summed E-state index contributed by atoms with van der Waals surface area (Å²) in [5, 5.41) is 12.3. The van der Waals surface area contributed by atoms with Crippen LogP contribution in [-0.4, -0.2) is 11.7 Å². The van der Waals surface area contributed by atoms with E-state index in [0.717, 1.165) is 17.8 Å². The smallest absolute Gasteiger partial charge is 0.115 e. The number of phenols is 1. The Morgan fingerprint density at radius 2 is 2.33 bits per heavy atom. The normalized spacial score (nSPS) is 9.42. The van der Waals surface area contributed by atoms with Gasteiger partial charge in [-0.3, -0.25) is 0 Å². The van der Waals surface area contributed by atoms with Gasteiger partial charge in [-0.1, -0.05) is 6.08 Å². The highest BCUT2D eigenvalue weighted by Gasteiger charge is 1.96.